The average Bonchev–Trinajstić information content (AvgIpc) is 3.45. The van der Waals surface area contributed by atoms with E-state index in [4.69, 9.17) is 14.0 Å². The predicted molar refractivity (Wildman–Crippen MR) is 120 cm³/mol. The molecule has 0 aliphatic carbocycles. The second-order valence-electron chi connectivity index (χ2n) is 8.67. The van der Waals surface area contributed by atoms with Crippen molar-refractivity contribution in [2.45, 2.75) is 50.9 Å². The van der Waals surface area contributed by atoms with E-state index in [2.05, 4.69) is 27.1 Å². The SMILES string of the molecule is COCC(O)CN(Cc1c(-c2ccccc2)noc1N1CCCCC1)CC1CCCO1. The molecule has 7 heteroatoms. The smallest absolute Gasteiger partial charge is 0.232 e. The summed E-state index contributed by atoms with van der Waals surface area (Å²) in [5, 5.41) is 15.0. The van der Waals surface area contributed by atoms with Gasteiger partial charge in [0.15, 0.2) is 0 Å². The maximum absolute atomic E-state index is 10.5. The fourth-order valence-corrected chi connectivity index (χ4v) is 4.66. The highest BCUT2D eigenvalue weighted by Crippen LogP contribution is 2.34. The summed E-state index contributed by atoms with van der Waals surface area (Å²) in [6.45, 7) is 5.08. The van der Waals surface area contributed by atoms with E-state index in [1.54, 1.807) is 7.11 Å². The molecule has 2 unspecified atom stereocenters. The summed E-state index contributed by atoms with van der Waals surface area (Å²) in [7, 11) is 1.62. The normalized spacial score (nSPS) is 20.5. The van der Waals surface area contributed by atoms with E-state index < -0.39 is 6.10 Å². The van der Waals surface area contributed by atoms with Gasteiger partial charge in [-0.2, -0.15) is 0 Å². The van der Waals surface area contributed by atoms with Gasteiger partial charge in [-0.25, -0.2) is 0 Å². The van der Waals surface area contributed by atoms with Gasteiger partial charge >= 0.3 is 0 Å². The molecule has 0 bridgehead atoms. The van der Waals surface area contributed by atoms with Crippen LogP contribution in [0.25, 0.3) is 11.3 Å². The van der Waals surface area contributed by atoms with Crippen LogP contribution in [0.3, 0.4) is 0 Å². The Morgan fingerprint density at radius 1 is 1.19 bits per heavy atom. The number of benzene rings is 1. The summed E-state index contributed by atoms with van der Waals surface area (Å²) >= 11 is 0. The van der Waals surface area contributed by atoms with E-state index >= 15 is 0 Å². The molecule has 0 radical (unpaired) electrons. The highest BCUT2D eigenvalue weighted by molar-refractivity contribution is 5.68. The second kappa shape index (κ2) is 11.1. The number of aliphatic hydroxyl groups is 1. The zero-order valence-corrected chi connectivity index (χ0v) is 18.5. The zero-order valence-electron chi connectivity index (χ0n) is 18.5. The quantitative estimate of drug-likeness (QED) is 0.621. The summed E-state index contributed by atoms with van der Waals surface area (Å²) in [6, 6.07) is 10.2. The molecule has 2 atom stereocenters. The molecule has 4 rings (SSSR count). The van der Waals surface area contributed by atoms with Crippen molar-refractivity contribution < 1.29 is 19.1 Å². The van der Waals surface area contributed by atoms with Crippen LogP contribution in [-0.4, -0.2) is 73.9 Å². The fourth-order valence-electron chi connectivity index (χ4n) is 4.66. The van der Waals surface area contributed by atoms with Gasteiger partial charge in [-0.3, -0.25) is 4.90 Å². The van der Waals surface area contributed by atoms with Crippen molar-refractivity contribution in [1.82, 2.24) is 10.1 Å². The number of methoxy groups -OCH3 is 1. The second-order valence-corrected chi connectivity index (χ2v) is 8.67. The molecule has 1 aromatic carbocycles. The standard InChI is InChI=1S/C24H35N3O4/c1-29-18-20(28)15-26(16-21-11-8-14-30-21)17-22-23(19-9-4-2-5-10-19)25-31-24(22)27-12-6-3-7-13-27/h2,4-5,9-10,20-21,28H,3,6-8,11-18H2,1H3. The third-order valence-electron chi connectivity index (χ3n) is 6.15. The molecule has 2 aliphatic rings. The predicted octanol–water partition coefficient (Wildman–Crippen LogP) is 3.32. The Balaban J connectivity index is 1.62. The van der Waals surface area contributed by atoms with Gasteiger partial charge < -0.3 is 24.0 Å². The third-order valence-corrected chi connectivity index (χ3v) is 6.15. The molecule has 7 nitrogen and oxygen atoms in total. The number of aliphatic hydroxyl groups excluding tert-OH is 1. The summed E-state index contributed by atoms with van der Waals surface area (Å²) in [6.07, 6.45) is 5.42. The molecule has 2 aromatic rings. The first-order valence-electron chi connectivity index (χ1n) is 11.5. The molecule has 31 heavy (non-hydrogen) atoms. The molecule has 0 saturated carbocycles. The minimum Gasteiger partial charge on any atom is -0.389 e. The molecule has 0 spiro atoms. The first kappa shape index (κ1) is 22.3. The Morgan fingerprint density at radius 2 is 2.00 bits per heavy atom. The number of anilines is 1. The molecule has 2 saturated heterocycles. The van der Waals surface area contributed by atoms with Gasteiger partial charge in [0, 0.05) is 52.0 Å². The Kier molecular flexibility index (Phi) is 7.97. The Morgan fingerprint density at radius 3 is 2.71 bits per heavy atom. The number of hydrogen-bond donors (Lipinski definition) is 1. The monoisotopic (exact) mass is 429 g/mol. The lowest BCUT2D eigenvalue weighted by Gasteiger charge is -2.30. The Labute approximate surface area is 184 Å². The van der Waals surface area contributed by atoms with Gasteiger partial charge in [0.2, 0.25) is 5.88 Å². The molecule has 2 aliphatic heterocycles. The molecule has 1 N–H and O–H groups in total. The topological polar surface area (TPSA) is 71.2 Å². The first-order chi connectivity index (χ1) is 15.2. The fraction of sp³-hybridized carbons (Fsp3) is 0.625. The molecule has 0 amide bonds. The third kappa shape index (κ3) is 5.86. The maximum atomic E-state index is 10.5. The van der Waals surface area contributed by atoms with E-state index in [0.717, 1.165) is 61.8 Å². The lowest BCUT2D eigenvalue weighted by Crippen LogP contribution is -2.39. The van der Waals surface area contributed by atoms with Crippen molar-refractivity contribution in [3.63, 3.8) is 0 Å². The summed E-state index contributed by atoms with van der Waals surface area (Å²) in [5.41, 5.74) is 3.04. The van der Waals surface area contributed by atoms with E-state index in [1.807, 2.05) is 18.2 Å². The van der Waals surface area contributed by atoms with Crippen molar-refractivity contribution in [3.8, 4) is 11.3 Å². The van der Waals surface area contributed by atoms with Crippen molar-refractivity contribution in [3.05, 3.63) is 35.9 Å². The van der Waals surface area contributed by atoms with Crippen LogP contribution in [0.15, 0.2) is 34.9 Å². The first-order valence-corrected chi connectivity index (χ1v) is 11.5. The van der Waals surface area contributed by atoms with Crippen molar-refractivity contribution in [1.29, 1.82) is 0 Å². The minimum atomic E-state index is -0.551. The lowest BCUT2D eigenvalue weighted by molar-refractivity contribution is 0.0157. The van der Waals surface area contributed by atoms with Gasteiger partial charge in [0.1, 0.15) is 5.69 Å². The van der Waals surface area contributed by atoms with Gasteiger partial charge in [0.05, 0.1) is 24.4 Å². The van der Waals surface area contributed by atoms with E-state index in [9.17, 15) is 5.11 Å². The molecule has 2 fully saturated rings. The Hall–Kier alpha value is -1.93. The van der Waals surface area contributed by atoms with Gasteiger partial charge in [-0.1, -0.05) is 35.5 Å². The van der Waals surface area contributed by atoms with Crippen LogP contribution >= 0.6 is 0 Å². The number of rotatable bonds is 10. The van der Waals surface area contributed by atoms with Crippen molar-refractivity contribution in [2.24, 2.45) is 0 Å². The number of hydrogen-bond acceptors (Lipinski definition) is 7. The van der Waals surface area contributed by atoms with E-state index in [-0.39, 0.29) is 6.10 Å². The molecule has 3 heterocycles. The van der Waals surface area contributed by atoms with Crippen molar-refractivity contribution >= 4 is 5.88 Å². The number of aromatic nitrogens is 1. The zero-order chi connectivity index (χ0) is 21.5. The highest BCUT2D eigenvalue weighted by Gasteiger charge is 2.28. The van der Waals surface area contributed by atoms with Gasteiger partial charge in [-0.05, 0) is 32.1 Å². The van der Waals surface area contributed by atoms with Crippen LogP contribution in [0.5, 0.6) is 0 Å². The van der Waals surface area contributed by atoms with Crippen LogP contribution in [0, 0.1) is 0 Å². The molecule has 1 aromatic heterocycles. The maximum Gasteiger partial charge on any atom is 0.232 e. The molecule has 170 valence electrons. The molecular formula is C24H35N3O4. The molecular weight excluding hydrogens is 394 g/mol. The van der Waals surface area contributed by atoms with Gasteiger partial charge in [-0.15, -0.1) is 0 Å². The van der Waals surface area contributed by atoms with E-state index in [0.29, 0.717) is 19.7 Å². The summed E-state index contributed by atoms with van der Waals surface area (Å²) in [5.74, 6) is 0.872. The van der Waals surface area contributed by atoms with Crippen molar-refractivity contribution in [2.75, 3.05) is 51.4 Å². The summed E-state index contributed by atoms with van der Waals surface area (Å²) < 4.78 is 17.0. The number of nitrogens with zero attached hydrogens (tertiary/aromatic N) is 3. The van der Waals surface area contributed by atoms with Gasteiger partial charge in [0.25, 0.3) is 0 Å². The average molecular weight is 430 g/mol. The Bertz CT molecular complexity index is 785. The highest BCUT2D eigenvalue weighted by atomic mass is 16.5. The lowest BCUT2D eigenvalue weighted by atomic mass is 10.0. The van der Waals surface area contributed by atoms with Crippen LogP contribution < -0.4 is 4.90 Å². The number of ether oxygens (including phenoxy) is 2. The summed E-state index contributed by atoms with van der Waals surface area (Å²) in [4.78, 5) is 4.60. The van der Waals surface area contributed by atoms with Crippen LogP contribution in [0.1, 0.15) is 37.7 Å². The van der Waals surface area contributed by atoms with Crippen LogP contribution in [-0.2, 0) is 16.0 Å². The number of piperidine rings is 1. The minimum absolute atomic E-state index is 0.202. The van der Waals surface area contributed by atoms with Crippen LogP contribution in [0.2, 0.25) is 0 Å². The van der Waals surface area contributed by atoms with Crippen LogP contribution in [0.4, 0.5) is 5.88 Å². The van der Waals surface area contributed by atoms with E-state index in [1.165, 1.54) is 19.3 Å². The largest absolute Gasteiger partial charge is 0.389 e.